The minimum absolute atomic E-state index is 0.884. The average molecular weight is 226 g/mol. The van der Waals surface area contributed by atoms with E-state index in [2.05, 4.69) is 41.5 Å². The third-order valence-electron chi connectivity index (χ3n) is 4.82. The molecular weight excluding hydrogens is 192 g/mol. The van der Waals surface area contributed by atoms with Crippen molar-refractivity contribution in [1.82, 2.24) is 0 Å². The Bertz CT molecular complexity index is 150. The van der Waals surface area contributed by atoms with Gasteiger partial charge >= 0.3 is 0 Å². The standard InChI is InChI=1S/C16H34/c1-7-10-11-12-16(9-3)15(6)14(5)13(4)8-2/h13-16H,7-12H2,1-6H3. The Morgan fingerprint density at radius 2 is 1.38 bits per heavy atom. The molecule has 0 amide bonds. The summed E-state index contributed by atoms with van der Waals surface area (Å²) in [6.45, 7) is 14.4. The third kappa shape index (κ3) is 5.37. The number of hydrogen-bond acceptors (Lipinski definition) is 0. The highest BCUT2D eigenvalue weighted by Gasteiger charge is 2.24. The van der Waals surface area contributed by atoms with Crippen molar-refractivity contribution in [2.24, 2.45) is 23.7 Å². The molecule has 0 heterocycles. The third-order valence-corrected chi connectivity index (χ3v) is 4.82. The summed E-state index contributed by atoms with van der Waals surface area (Å²) in [5, 5.41) is 0. The van der Waals surface area contributed by atoms with E-state index in [9.17, 15) is 0 Å². The fraction of sp³-hybridized carbons (Fsp3) is 1.00. The fourth-order valence-corrected chi connectivity index (χ4v) is 2.81. The van der Waals surface area contributed by atoms with Crippen LogP contribution in [0.2, 0.25) is 0 Å². The predicted octanol–water partition coefficient (Wildman–Crippen LogP) is 5.91. The van der Waals surface area contributed by atoms with Crippen molar-refractivity contribution in [3.05, 3.63) is 0 Å². The largest absolute Gasteiger partial charge is 0.0654 e. The van der Waals surface area contributed by atoms with Crippen molar-refractivity contribution in [2.45, 2.75) is 80.1 Å². The lowest BCUT2D eigenvalue weighted by atomic mass is 9.74. The van der Waals surface area contributed by atoms with Gasteiger partial charge in [-0.05, 0) is 23.7 Å². The maximum absolute atomic E-state index is 2.48. The summed E-state index contributed by atoms with van der Waals surface area (Å²) in [6.07, 6.45) is 8.36. The van der Waals surface area contributed by atoms with Crippen LogP contribution in [0.25, 0.3) is 0 Å². The monoisotopic (exact) mass is 226 g/mol. The van der Waals surface area contributed by atoms with E-state index in [-0.39, 0.29) is 0 Å². The lowest BCUT2D eigenvalue weighted by Gasteiger charge is -2.32. The van der Waals surface area contributed by atoms with Crippen LogP contribution in [-0.2, 0) is 0 Å². The van der Waals surface area contributed by atoms with Crippen LogP contribution >= 0.6 is 0 Å². The van der Waals surface area contributed by atoms with Crippen molar-refractivity contribution in [3.63, 3.8) is 0 Å². The van der Waals surface area contributed by atoms with Gasteiger partial charge in [-0.1, -0.05) is 80.1 Å². The highest BCUT2D eigenvalue weighted by molar-refractivity contribution is 4.73. The lowest BCUT2D eigenvalue weighted by molar-refractivity contribution is 0.182. The summed E-state index contributed by atoms with van der Waals surface area (Å²) in [7, 11) is 0. The van der Waals surface area contributed by atoms with E-state index < -0.39 is 0 Å². The van der Waals surface area contributed by atoms with Gasteiger partial charge < -0.3 is 0 Å². The smallest absolute Gasteiger partial charge is 0.0386 e. The van der Waals surface area contributed by atoms with Crippen LogP contribution in [-0.4, -0.2) is 0 Å². The van der Waals surface area contributed by atoms with E-state index in [0.29, 0.717) is 0 Å². The summed E-state index contributed by atoms with van der Waals surface area (Å²) in [5.74, 6) is 3.62. The SMILES string of the molecule is CCCCCC(CC)C(C)C(C)C(C)CC. The molecule has 4 unspecified atom stereocenters. The summed E-state index contributed by atoms with van der Waals surface area (Å²) >= 11 is 0. The van der Waals surface area contributed by atoms with Crippen LogP contribution < -0.4 is 0 Å². The van der Waals surface area contributed by atoms with Crippen LogP contribution in [0, 0.1) is 23.7 Å². The van der Waals surface area contributed by atoms with Gasteiger partial charge in [0.05, 0.1) is 0 Å². The molecule has 0 N–H and O–H groups in total. The van der Waals surface area contributed by atoms with E-state index in [0.717, 1.165) is 23.7 Å². The predicted molar refractivity (Wildman–Crippen MR) is 75.7 cm³/mol. The molecule has 0 saturated heterocycles. The maximum Gasteiger partial charge on any atom is -0.0386 e. The molecule has 0 saturated carbocycles. The first-order chi connectivity index (χ1) is 7.58. The van der Waals surface area contributed by atoms with E-state index in [4.69, 9.17) is 0 Å². The Balaban J connectivity index is 4.12. The van der Waals surface area contributed by atoms with Crippen LogP contribution in [0.15, 0.2) is 0 Å². The second kappa shape index (κ2) is 9.07. The first-order valence-corrected chi connectivity index (χ1v) is 7.58. The zero-order valence-corrected chi connectivity index (χ0v) is 12.6. The highest BCUT2D eigenvalue weighted by Crippen LogP contribution is 2.33. The first-order valence-electron chi connectivity index (χ1n) is 7.58. The van der Waals surface area contributed by atoms with Crippen molar-refractivity contribution >= 4 is 0 Å². The van der Waals surface area contributed by atoms with E-state index >= 15 is 0 Å². The van der Waals surface area contributed by atoms with Gasteiger partial charge in [0.1, 0.15) is 0 Å². The van der Waals surface area contributed by atoms with Gasteiger partial charge in [-0.3, -0.25) is 0 Å². The van der Waals surface area contributed by atoms with Gasteiger partial charge in [0, 0.05) is 0 Å². The van der Waals surface area contributed by atoms with Crippen molar-refractivity contribution in [1.29, 1.82) is 0 Å². The van der Waals surface area contributed by atoms with Crippen molar-refractivity contribution in [3.8, 4) is 0 Å². The molecule has 0 radical (unpaired) electrons. The molecule has 0 fully saturated rings. The molecule has 0 aliphatic heterocycles. The highest BCUT2D eigenvalue weighted by atomic mass is 14.3. The number of hydrogen-bond donors (Lipinski definition) is 0. The molecule has 0 aromatic rings. The molecule has 0 aromatic heterocycles. The first kappa shape index (κ1) is 16.0. The minimum atomic E-state index is 0.884. The Morgan fingerprint density at radius 1 is 0.750 bits per heavy atom. The molecule has 0 aliphatic carbocycles. The van der Waals surface area contributed by atoms with Crippen molar-refractivity contribution in [2.75, 3.05) is 0 Å². The van der Waals surface area contributed by atoms with Gasteiger partial charge in [-0.2, -0.15) is 0 Å². The zero-order chi connectivity index (χ0) is 12.6. The summed E-state index contributed by atoms with van der Waals surface area (Å²) < 4.78 is 0. The topological polar surface area (TPSA) is 0 Å². The normalized spacial score (nSPS) is 19.1. The molecule has 0 nitrogen and oxygen atoms in total. The van der Waals surface area contributed by atoms with Gasteiger partial charge in [0.15, 0.2) is 0 Å². The lowest BCUT2D eigenvalue weighted by Crippen LogP contribution is -2.23. The Morgan fingerprint density at radius 3 is 1.81 bits per heavy atom. The summed E-state index contributed by atoms with van der Waals surface area (Å²) in [5.41, 5.74) is 0. The fourth-order valence-electron chi connectivity index (χ4n) is 2.81. The van der Waals surface area contributed by atoms with Gasteiger partial charge in [0.2, 0.25) is 0 Å². The van der Waals surface area contributed by atoms with Crippen LogP contribution in [0.4, 0.5) is 0 Å². The molecule has 0 spiro atoms. The average Bonchev–Trinajstić information content (AvgIpc) is 2.32. The summed E-state index contributed by atoms with van der Waals surface area (Å²) in [4.78, 5) is 0. The molecule has 4 atom stereocenters. The number of unbranched alkanes of at least 4 members (excludes halogenated alkanes) is 2. The molecule has 0 bridgehead atoms. The van der Waals surface area contributed by atoms with E-state index in [1.807, 2.05) is 0 Å². The van der Waals surface area contributed by atoms with E-state index in [1.54, 1.807) is 0 Å². The molecular formula is C16H34. The van der Waals surface area contributed by atoms with Crippen LogP contribution in [0.5, 0.6) is 0 Å². The molecule has 0 aliphatic rings. The molecule has 16 heavy (non-hydrogen) atoms. The Labute approximate surface area is 104 Å². The number of rotatable bonds is 9. The molecule has 98 valence electrons. The maximum atomic E-state index is 2.48. The Kier molecular flexibility index (Phi) is 9.07. The second-order valence-electron chi connectivity index (χ2n) is 5.77. The van der Waals surface area contributed by atoms with Crippen molar-refractivity contribution < 1.29 is 0 Å². The van der Waals surface area contributed by atoms with Gasteiger partial charge in [-0.25, -0.2) is 0 Å². The van der Waals surface area contributed by atoms with Gasteiger partial charge in [0.25, 0.3) is 0 Å². The quantitative estimate of drug-likeness (QED) is 0.429. The second-order valence-corrected chi connectivity index (χ2v) is 5.77. The zero-order valence-electron chi connectivity index (χ0n) is 12.6. The minimum Gasteiger partial charge on any atom is -0.0654 e. The molecule has 0 heteroatoms. The van der Waals surface area contributed by atoms with Crippen LogP contribution in [0.1, 0.15) is 80.1 Å². The van der Waals surface area contributed by atoms with Crippen LogP contribution in [0.3, 0.4) is 0 Å². The molecule has 0 aromatic carbocycles. The molecule has 0 rings (SSSR count). The van der Waals surface area contributed by atoms with E-state index in [1.165, 1.54) is 38.5 Å². The Hall–Kier alpha value is 0. The summed E-state index contributed by atoms with van der Waals surface area (Å²) in [6, 6.07) is 0. The van der Waals surface area contributed by atoms with Gasteiger partial charge in [-0.15, -0.1) is 0 Å².